The van der Waals surface area contributed by atoms with Gasteiger partial charge < -0.3 is 0 Å². The molecule has 0 N–H and O–H groups in total. The van der Waals surface area contributed by atoms with Crippen LogP contribution in [0, 0.1) is 11.3 Å². The molecule has 2 nitrogen and oxygen atoms in total. The zero-order chi connectivity index (χ0) is 16.9. The SMILES string of the molecule is CCc1ccc(-c2csc(/C(C#N)=C\c3ccc(Cl)cc3)n2)cc1. The van der Waals surface area contributed by atoms with Crippen molar-refractivity contribution in [3.05, 3.63) is 75.1 Å². The molecule has 3 rings (SSSR count). The molecule has 24 heavy (non-hydrogen) atoms. The number of rotatable bonds is 4. The van der Waals surface area contributed by atoms with Gasteiger partial charge in [-0.1, -0.05) is 54.9 Å². The maximum atomic E-state index is 9.47. The Morgan fingerprint density at radius 3 is 2.50 bits per heavy atom. The minimum absolute atomic E-state index is 0.554. The highest BCUT2D eigenvalue weighted by molar-refractivity contribution is 7.11. The summed E-state index contributed by atoms with van der Waals surface area (Å²) >= 11 is 7.38. The van der Waals surface area contributed by atoms with Gasteiger partial charge in [-0.2, -0.15) is 5.26 Å². The molecule has 0 aliphatic carbocycles. The lowest BCUT2D eigenvalue weighted by molar-refractivity contribution is 1.14. The lowest BCUT2D eigenvalue weighted by atomic mass is 10.1. The van der Waals surface area contributed by atoms with E-state index in [-0.39, 0.29) is 0 Å². The zero-order valence-corrected chi connectivity index (χ0v) is 14.7. The van der Waals surface area contributed by atoms with Crippen molar-refractivity contribution in [2.75, 3.05) is 0 Å². The lowest BCUT2D eigenvalue weighted by Gasteiger charge is -1.99. The predicted octanol–water partition coefficient (Wildman–Crippen LogP) is 6.09. The minimum atomic E-state index is 0.554. The van der Waals surface area contributed by atoms with E-state index in [4.69, 9.17) is 11.6 Å². The molecule has 1 aromatic heterocycles. The number of allylic oxidation sites excluding steroid dienone is 1. The van der Waals surface area contributed by atoms with Gasteiger partial charge >= 0.3 is 0 Å². The molecule has 0 saturated carbocycles. The Morgan fingerprint density at radius 2 is 1.88 bits per heavy atom. The van der Waals surface area contributed by atoms with Crippen LogP contribution in [-0.2, 0) is 6.42 Å². The van der Waals surface area contributed by atoms with Gasteiger partial charge in [0.25, 0.3) is 0 Å². The smallest absolute Gasteiger partial charge is 0.134 e. The van der Waals surface area contributed by atoms with Gasteiger partial charge in [0, 0.05) is 16.0 Å². The normalized spacial score (nSPS) is 11.3. The first-order chi connectivity index (χ1) is 11.7. The largest absolute Gasteiger partial charge is 0.235 e. The fourth-order valence-corrected chi connectivity index (χ4v) is 3.23. The van der Waals surface area contributed by atoms with Gasteiger partial charge in [-0.25, -0.2) is 4.98 Å². The van der Waals surface area contributed by atoms with E-state index in [0.29, 0.717) is 10.6 Å². The fourth-order valence-electron chi connectivity index (χ4n) is 2.31. The molecule has 0 atom stereocenters. The van der Waals surface area contributed by atoms with Gasteiger partial charge in [0.2, 0.25) is 0 Å². The quantitative estimate of drug-likeness (QED) is 0.534. The van der Waals surface area contributed by atoms with E-state index in [1.165, 1.54) is 16.9 Å². The minimum Gasteiger partial charge on any atom is -0.235 e. The van der Waals surface area contributed by atoms with Crippen molar-refractivity contribution in [2.24, 2.45) is 0 Å². The fraction of sp³-hybridized carbons (Fsp3) is 0.100. The number of nitriles is 1. The third-order valence-corrected chi connectivity index (χ3v) is 4.82. The van der Waals surface area contributed by atoms with Crippen LogP contribution in [0.4, 0.5) is 0 Å². The summed E-state index contributed by atoms with van der Waals surface area (Å²) in [5, 5.41) is 12.9. The van der Waals surface area contributed by atoms with E-state index >= 15 is 0 Å². The number of nitrogens with zero attached hydrogens (tertiary/aromatic N) is 2. The van der Waals surface area contributed by atoms with Gasteiger partial charge in [-0.15, -0.1) is 11.3 Å². The molecule has 1 heterocycles. The van der Waals surface area contributed by atoms with Crippen molar-refractivity contribution in [1.82, 2.24) is 4.98 Å². The predicted molar refractivity (Wildman–Crippen MR) is 102 cm³/mol. The highest BCUT2D eigenvalue weighted by atomic mass is 35.5. The van der Waals surface area contributed by atoms with E-state index in [9.17, 15) is 5.26 Å². The number of aryl methyl sites for hydroxylation is 1. The Bertz CT molecular complexity index is 900. The third-order valence-electron chi connectivity index (χ3n) is 3.69. The molecular formula is C20H15ClN2S. The molecule has 0 saturated heterocycles. The Balaban J connectivity index is 1.90. The maximum Gasteiger partial charge on any atom is 0.134 e. The number of benzene rings is 2. The van der Waals surface area contributed by atoms with Gasteiger partial charge in [-0.05, 0) is 35.8 Å². The average molecular weight is 351 g/mol. The molecule has 0 bridgehead atoms. The first kappa shape index (κ1) is 16.4. The topological polar surface area (TPSA) is 36.7 Å². The number of aromatic nitrogens is 1. The molecule has 4 heteroatoms. The molecule has 0 radical (unpaired) electrons. The summed E-state index contributed by atoms with van der Waals surface area (Å²) in [6, 6.07) is 18.0. The van der Waals surface area contributed by atoms with E-state index in [1.807, 2.05) is 35.7 Å². The monoisotopic (exact) mass is 350 g/mol. The molecule has 3 aromatic rings. The van der Waals surface area contributed by atoms with Gasteiger partial charge in [0.05, 0.1) is 11.3 Å². The van der Waals surface area contributed by atoms with Crippen molar-refractivity contribution in [3.8, 4) is 17.3 Å². The maximum absolute atomic E-state index is 9.47. The summed E-state index contributed by atoms with van der Waals surface area (Å²) in [5.74, 6) is 0. The van der Waals surface area contributed by atoms with Crippen LogP contribution in [-0.4, -0.2) is 4.98 Å². The molecular weight excluding hydrogens is 336 g/mol. The molecule has 2 aromatic carbocycles. The highest BCUT2D eigenvalue weighted by Crippen LogP contribution is 2.27. The van der Waals surface area contributed by atoms with Crippen LogP contribution in [0.25, 0.3) is 22.9 Å². The third kappa shape index (κ3) is 3.73. The summed E-state index contributed by atoms with van der Waals surface area (Å²) in [4.78, 5) is 4.62. The van der Waals surface area contributed by atoms with Crippen molar-refractivity contribution in [2.45, 2.75) is 13.3 Å². The standard InChI is InChI=1S/C20H15ClN2S/c1-2-14-3-7-16(8-4-14)19-13-24-20(23-19)17(12-22)11-15-5-9-18(21)10-6-15/h3-11,13H,2H2,1H3/b17-11-. The van der Waals surface area contributed by atoms with Crippen molar-refractivity contribution in [3.63, 3.8) is 0 Å². The zero-order valence-electron chi connectivity index (χ0n) is 13.2. The molecule has 118 valence electrons. The molecule has 0 unspecified atom stereocenters. The first-order valence-electron chi connectivity index (χ1n) is 7.62. The Labute approximate surface area is 150 Å². The van der Waals surface area contributed by atoms with Crippen LogP contribution in [0.1, 0.15) is 23.1 Å². The van der Waals surface area contributed by atoms with E-state index in [2.05, 4.69) is 42.2 Å². The molecule has 0 spiro atoms. The second-order valence-electron chi connectivity index (χ2n) is 5.31. The van der Waals surface area contributed by atoms with Crippen LogP contribution in [0.15, 0.2) is 53.9 Å². The van der Waals surface area contributed by atoms with Gasteiger partial charge in [0.15, 0.2) is 0 Å². The summed E-state index contributed by atoms with van der Waals surface area (Å²) in [6.07, 6.45) is 2.85. The summed E-state index contributed by atoms with van der Waals surface area (Å²) in [7, 11) is 0. The second-order valence-corrected chi connectivity index (χ2v) is 6.60. The van der Waals surface area contributed by atoms with Gasteiger partial charge in [0.1, 0.15) is 11.1 Å². The Kier molecular flexibility index (Phi) is 5.10. The molecule has 0 fully saturated rings. The van der Waals surface area contributed by atoms with E-state index in [0.717, 1.165) is 28.2 Å². The Morgan fingerprint density at radius 1 is 1.17 bits per heavy atom. The van der Waals surface area contributed by atoms with Crippen molar-refractivity contribution < 1.29 is 0 Å². The molecule has 0 aliphatic rings. The molecule has 0 amide bonds. The van der Waals surface area contributed by atoms with Gasteiger partial charge in [-0.3, -0.25) is 0 Å². The second kappa shape index (κ2) is 7.44. The van der Waals surface area contributed by atoms with Crippen LogP contribution in [0.5, 0.6) is 0 Å². The summed E-state index contributed by atoms with van der Waals surface area (Å²) in [5.41, 5.74) is 4.75. The summed E-state index contributed by atoms with van der Waals surface area (Å²) in [6.45, 7) is 2.14. The highest BCUT2D eigenvalue weighted by Gasteiger charge is 2.09. The average Bonchev–Trinajstić information content (AvgIpc) is 3.11. The van der Waals surface area contributed by atoms with Crippen molar-refractivity contribution in [1.29, 1.82) is 5.26 Å². The first-order valence-corrected chi connectivity index (χ1v) is 8.88. The van der Waals surface area contributed by atoms with Crippen LogP contribution >= 0.6 is 22.9 Å². The number of halogens is 1. The summed E-state index contributed by atoms with van der Waals surface area (Å²) < 4.78 is 0. The van der Waals surface area contributed by atoms with Crippen LogP contribution in [0.3, 0.4) is 0 Å². The van der Waals surface area contributed by atoms with Crippen LogP contribution < -0.4 is 0 Å². The van der Waals surface area contributed by atoms with Crippen LogP contribution in [0.2, 0.25) is 5.02 Å². The number of thiazole rings is 1. The lowest BCUT2D eigenvalue weighted by Crippen LogP contribution is -1.84. The van der Waals surface area contributed by atoms with E-state index < -0.39 is 0 Å². The number of hydrogen-bond donors (Lipinski definition) is 0. The number of hydrogen-bond acceptors (Lipinski definition) is 3. The molecule has 0 aliphatic heterocycles. The van der Waals surface area contributed by atoms with Crippen molar-refractivity contribution >= 4 is 34.6 Å². The Hall–Kier alpha value is -2.41. The van der Waals surface area contributed by atoms with E-state index in [1.54, 1.807) is 0 Å².